The van der Waals surface area contributed by atoms with Crippen LogP contribution in [0.5, 0.6) is 11.5 Å². The molecule has 0 amide bonds. The van der Waals surface area contributed by atoms with E-state index in [1.807, 2.05) is 12.1 Å². The summed E-state index contributed by atoms with van der Waals surface area (Å²) in [5.74, 6) is 0.723. The summed E-state index contributed by atoms with van der Waals surface area (Å²) < 4.78 is 5.08. The lowest BCUT2D eigenvalue weighted by Gasteiger charge is -2.21. The largest absolute Gasteiger partial charge is 0.504 e. The van der Waals surface area contributed by atoms with Crippen molar-refractivity contribution >= 4 is 5.69 Å². The van der Waals surface area contributed by atoms with Gasteiger partial charge in [-0.1, -0.05) is 24.3 Å². The molecule has 0 atom stereocenters. The Morgan fingerprint density at radius 1 is 1.25 bits per heavy atom. The summed E-state index contributed by atoms with van der Waals surface area (Å²) in [6.07, 6.45) is 1.10. The molecule has 20 heavy (non-hydrogen) atoms. The van der Waals surface area contributed by atoms with Crippen LogP contribution in [0.4, 0.5) is 5.69 Å². The Hall–Kier alpha value is -2.16. The molecule has 1 N–H and O–H groups in total. The smallest absolute Gasteiger partial charge is 0.160 e. The molecule has 0 radical (unpaired) electrons. The van der Waals surface area contributed by atoms with E-state index >= 15 is 0 Å². The number of hydrogen-bond donors (Lipinski definition) is 1. The Morgan fingerprint density at radius 2 is 2.10 bits per heavy atom. The van der Waals surface area contributed by atoms with Crippen molar-refractivity contribution in [2.45, 2.75) is 19.9 Å². The van der Waals surface area contributed by atoms with Crippen LogP contribution >= 0.6 is 0 Å². The predicted octanol–water partition coefficient (Wildman–Crippen LogP) is 3.27. The lowest BCUT2D eigenvalue weighted by Crippen LogP contribution is -2.20. The van der Waals surface area contributed by atoms with Crippen molar-refractivity contribution in [1.82, 2.24) is 0 Å². The number of benzene rings is 2. The predicted molar refractivity (Wildman–Crippen MR) is 80.6 cm³/mol. The van der Waals surface area contributed by atoms with Gasteiger partial charge in [0.25, 0.3) is 0 Å². The molecule has 0 saturated carbocycles. The second-order valence-corrected chi connectivity index (χ2v) is 5.26. The van der Waals surface area contributed by atoms with E-state index in [0.717, 1.165) is 25.1 Å². The molecule has 2 aromatic carbocycles. The van der Waals surface area contributed by atoms with Gasteiger partial charge in [-0.25, -0.2) is 0 Å². The number of phenolic OH excluding ortho intramolecular Hbond substituents is 1. The van der Waals surface area contributed by atoms with Crippen LogP contribution in [0.2, 0.25) is 0 Å². The molecule has 0 bridgehead atoms. The minimum atomic E-state index is 0.203. The second kappa shape index (κ2) is 5.08. The molecule has 3 nitrogen and oxygen atoms in total. The van der Waals surface area contributed by atoms with E-state index in [4.69, 9.17) is 4.74 Å². The highest BCUT2D eigenvalue weighted by molar-refractivity contribution is 5.63. The Morgan fingerprint density at radius 3 is 2.85 bits per heavy atom. The van der Waals surface area contributed by atoms with E-state index in [0.29, 0.717) is 5.75 Å². The molecule has 1 heterocycles. The highest BCUT2D eigenvalue weighted by atomic mass is 16.5. The molecule has 0 unspecified atom stereocenters. The summed E-state index contributed by atoms with van der Waals surface area (Å²) in [5.41, 5.74) is 5.18. The maximum Gasteiger partial charge on any atom is 0.160 e. The van der Waals surface area contributed by atoms with Gasteiger partial charge in [0, 0.05) is 18.8 Å². The van der Waals surface area contributed by atoms with Crippen LogP contribution in [0.15, 0.2) is 36.4 Å². The van der Waals surface area contributed by atoms with Crippen LogP contribution in [0, 0.1) is 6.92 Å². The fourth-order valence-corrected chi connectivity index (χ4v) is 2.95. The number of methoxy groups -OCH3 is 1. The number of rotatable bonds is 3. The van der Waals surface area contributed by atoms with Crippen LogP contribution in [0.25, 0.3) is 0 Å². The number of hydrogen-bond acceptors (Lipinski definition) is 3. The first-order chi connectivity index (χ1) is 9.69. The summed E-state index contributed by atoms with van der Waals surface area (Å²) in [6, 6.07) is 12.1. The third-order valence-electron chi connectivity index (χ3n) is 3.91. The Bertz CT molecular complexity index is 637. The first-order valence-electron chi connectivity index (χ1n) is 6.88. The minimum absolute atomic E-state index is 0.203. The zero-order chi connectivity index (χ0) is 14.1. The van der Waals surface area contributed by atoms with Gasteiger partial charge >= 0.3 is 0 Å². The average Bonchev–Trinajstić information content (AvgIpc) is 2.84. The van der Waals surface area contributed by atoms with E-state index in [2.05, 4.69) is 30.0 Å². The molecule has 2 aromatic rings. The Labute approximate surface area is 119 Å². The molecular weight excluding hydrogens is 250 g/mol. The van der Waals surface area contributed by atoms with Crippen LogP contribution in [-0.2, 0) is 13.0 Å². The number of para-hydroxylation sites is 1. The number of aromatic hydroxyl groups is 1. The number of anilines is 1. The van der Waals surface area contributed by atoms with Crippen molar-refractivity contribution in [1.29, 1.82) is 0 Å². The summed E-state index contributed by atoms with van der Waals surface area (Å²) in [7, 11) is 1.56. The fourth-order valence-electron chi connectivity index (χ4n) is 2.95. The van der Waals surface area contributed by atoms with Crippen LogP contribution in [0.1, 0.15) is 16.7 Å². The number of nitrogens with zero attached hydrogens (tertiary/aromatic N) is 1. The third kappa shape index (κ3) is 2.20. The SMILES string of the molecule is COc1ccc(CN2CCc3cccc(C)c32)cc1O. The molecule has 104 valence electrons. The highest BCUT2D eigenvalue weighted by Crippen LogP contribution is 2.33. The topological polar surface area (TPSA) is 32.7 Å². The summed E-state index contributed by atoms with van der Waals surface area (Å²) in [6.45, 7) is 4.00. The van der Waals surface area contributed by atoms with E-state index in [1.54, 1.807) is 13.2 Å². The van der Waals surface area contributed by atoms with Crippen molar-refractivity contribution in [2.75, 3.05) is 18.6 Å². The Kier molecular flexibility index (Phi) is 3.26. The van der Waals surface area contributed by atoms with Gasteiger partial charge < -0.3 is 14.7 Å². The molecule has 0 aliphatic carbocycles. The average molecular weight is 269 g/mol. The van der Waals surface area contributed by atoms with Gasteiger partial charge in [-0.05, 0) is 42.2 Å². The monoisotopic (exact) mass is 269 g/mol. The number of phenols is 1. The lowest BCUT2D eigenvalue weighted by atomic mass is 10.1. The van der Waals surface area contributed by atoms with Crippen molar-refractivity contribution in [3.63, 3.8) is 0 Å². The van der Waals surface area contributed by atoms with Gasteiger partial charge in [-0.2, -0.15) is 0 Å². The van der Waals surface area contributed by atoms with Gasteiger partial charge in [0.15, 0.2) is 11.5 Å². The molecule has 0 spiro atoms. The van der Waals surface area contributed by atoms with Gasteiger partial charge in [-0.3, -0.25) is 0 Å². The molecule has 0 aromatic heterocycles. The van der Waals surface area contributed by atoms with Gasteiger partial charge in [0.2, 0.25) is 0 Å². The zero-order valence-electron chi connectivity index (χ0n) is 11.9. The zero-order valence-corrected chi connectivity index (χ0v) is 11.9. The van der Waals surface area contributed by atoms with Crippen molar-refractivity contribution in [3.8, 4) is 11.5 Å². The number of ether oxygens (including phenoxy) is 1. The number of aryl methyl sites for hydroxylation is 1. The summed E-state index contributed by atoms with van der Waals surface area (Å²) in [5, 5.41) is 9.87. The molecule has 0 saturated heterocycles. The van der Waals surface area contributed by atoms with E-state index in [9.17, 15) is 5.11 Å². The van der Waals surface area contributed by atoms with Crippen molar-refractivity contribution in [3.05, 3.63) is 53.1 Å². The van der Waals surface area contributed by atoms with Crippen molar-refractivity contribution in [2.24, 2.45) is 0 Å². The molecule has 3 heteroatoms. The summed E-state index contributed by atoms with van der Waals surface area (Å²) >= 11 is 0. The fraction of sp³-hybridized carbons (Fsp3) is 0.294. The van der Waals surface area contributed by atoms with Crippen LogP contribution < -0.4 is 9.64 Å². The lowest BCUT2D eigenvalue weighted by molar-refractivity contribution is 0.373. The normalized spacial score (nSPS) is 13.4. The molecule has 1 aliphatic rings. The minimum Gasteiger partial charge on any atom is -0.504 e. The third-order valence-corrected chi connectivity index (χ3v) is 3.91. The van der Waals surface area contributed by atoms with Gasteiger partial charge in [-0.15, -0.1) is 0 Å². The molecular formula is C17H19NO2. The van der Waals surface area contributed by atoms with E-state index < -0.39 is 0 Å². The van der Waals surface area contributed by atoms with Gasteiger partial charge in [0.1, 0.15) is 0 Å². The van der Waals surface area contributed by atoms with E-state index in [1.165, 1.54) is 16.8 Å². The quantitative estimate of drug-likeness (QED) is 0.928. The molecule has 0 fully saturated rings. The van der Waals surface area contributed by atoms with Gasteiger partial charge in [0.05, 0.1) is 7.11 Å². The maximum absolute atomic E-state index is 9.87. The van der Waals surface area contributed by atoms with Crippen molar-refractivity contribution < 1.29 is 9.84 Å². The first kappa shape index (κ1) is 12.9. The Balaban J connectivity index is 1.86. The molecule has 3 rings (SSSR count). The first-order valence-corrected chi connectivity index (χ1v) is 6.88. The summed E-state index contributed by atoms with van der Waals surface area (Å²) in [4.78, 5) is 2.38. The standard InChI is InChI=1S/C17H19NO2/c1-12-4-3-5-14-8-9-18(17(12)14)11-13-6-7-16(20-2)15(19)10-13/h3-7,10,19H,8-9,11H2,1-2H3. The number of fused-ring (bicyclic) bond motifs is 1. The van der Waals surface area contributed by atoms with Crippen LogP contribution in [-0.4, -0.2) is 18.8 Å². The second-order valence-electron chi connectivity index (χ2n) is 5.26. The highest BCUT2D eigenvalue weighted by Gasteiger charge is 2.20. The maximum atomic E-state index is 9.87. The molecule has 1 aliphatic heterocycles. The van der Waals surface area contributed by atoms with Crippen LogP contribution in [0.3, 0.4) is 0 Å². The van der Waals surface area contributed by atoms with E-state index in [-0.39, 0.29) is 5.75 Å².